The maximum atomic E-state index is 13.2. The Bertz CT molecular complexity index is 1110. The van der Waals surface area contributed by atoms with E-state index in [1.807, 2.05) is 91.9 Å². The second kappa shape index (κ2) is 9.86. The summed E-state index contributed by atoms with van der Waals surface area (Å²) in [7, 11) is 0. The van der Waals surface area contributed by atoms with E-state index in [1.165, 1.54) is 5.01 Å². The summed E-state index contributed by atoms with van der Waals surface area (Å²) in [6.45, 7) is 2.57. The van der Waals surface area contributed by atoms with Gasteiger partial charge in [-0.25, -0.2) is 0 Å². The van der Waals surface area contributed by atoms with Gasteiger partial charge in [0.15, 0.2) is 0 Å². The van der Waals surface area contributed by atoms with Crippen molar-refractivity contribution in [3.05, 3.63) is 95.0 Å². The summed E-state index contributed by atoms with van der Waals surface area (Å²) >= 11 is 7.61. The molecule has 0 aromatic heterocycles. The largest absolute Gasteiger partial charge is 0.494 e. The molecular weight excluding hydrogens is 428 g/mol. The van der Waals surface area contributed by atoms with Crippen molar-refractivity contribution in [2.45, 2.75) is 11.8 Å². The molecule has 3 aromatic carbocycles. The SMILES string of the molecule is CCOc1ccc(C=C2C(=O)N(c3ccccc3)N=C2CSc2ccc(Cl)cc2)cc1. The molecule has 1 amide bonds. The zero-order valence-electron chi connectivity index (χ0n) is 17.0. The van der Waals surface area contributed by atoms with E-state index in [9.17, 15) is 4.79 Å². The van der Waals surface area contributed by atoms with E-state index in [0.717, 1.165) is 27.6 Å². The highest BCUT2D eigenvalue weighted by molar-refractivity contribution is 8.00. The summed E-state index contributed by atoms with van der Waals surface area (Å²) in [4.78, 5) is 14.3. The molecule has 0 spiro atoms. The summed E-state index contributed by atoms with van der Waals surface area (Å²) in [5.74, 6) is 1.24. The van der Waals surface area contributed by atoms with Crippen molar-refractivity contribution in [1.82, 2.24) is 0 Å². The minimum atomic E-state index is -0.133. The lowest BCUT2D eigenvalue weighted by atomic mass is 10.1. The van der Waals surface area contributed by atoms with Crippen LogP contribution < -0.4 is 9.75 Å². The van der Waals surface area contributed by atoms with Gasteiger partial charge in [-0.3, -0.25) is 4.79 Å². The number of hydrazone groups is 1. The number of ether oxygens (including phenoxy) is 1. The van der Waals surface area contributed by atoms with Crippen LogP contribution in [0.3, 0.4) is 0 Å². The lowest BCUT2D eigenvalue weighted by molar-refractivity contribution is -0.114. The molecule has 0 atom stereocenters. The van der Waals surface area contributed by atoms with Gasteiger partial charge in [0.2, 0.25) is 0 Å². The van der Waals surface area contributed by atoms with Crippen LogP contribution in [-0.2, 0) is 4.79 Å². The minimum Gasteiger partial charge on any atom is -0.494 e. The smallest absolute Gasteiger partial charge is 0.280 e. The molecule has 1 heterocycles. The van der Waals surface area contributed by atoms with Crippen molar-refractivity contribution in [3.8, 4) is 5.75 Å². The third-order valence-corrected chi connectivity index (χ3v) is 5.92. The van der Waals surface area contributed by atoms with Gasteiger partial charge in [-0.1, -0.05) is 41.9 Å². The fourth-order valence-electron chi connectivity index (χ4n) is 3.13. The summed E-state index contributed by atoms with van der Waals surface area (Å²) in [6.07, 6.45) is 1.89. The highest BCUT2D eigenvalue weighted by Crippen LogP contribution is 2.29. The average molecular weight is 449 g/mol. The molecule has 1 aliphatic rings. The Morgan fingerprint density at radius 1 is 1.00 bits per heavy atom. The van der Waals surface area contributed by atoms with E-state index in [1.54, 1.807) is 11.8 Å². The van der Waals surface area contributed by atoms with Gasteiger partial charge in [0.1, 0.15) is 5.75 Å². The number of hydrogen-bond acceptors (Lipinski definition) is 4. The second-order valence-electron chi connectivity index (χ2n) is 6.80. The average Bonchev–Trinajstić information content (AvgIpc) is 3.11. The third kappa shape index (κ3) is 5.19. The summed E-state index contributed by atoms with van der Waals surface area (Å²) in [6, 6.07) is 24.8. The predicted molar refractivity (Wildman–Crippen MR) is 129 cm³/mol. The lowest BCUT2D eigenvalue weighted by Crippen LogP contribution is -2.21. The van der Waals surface area contributed by atoms with Crippen molar-refractivity contribution in [2.24, 2.45) is 5.10 Å². The van der Waals surface area contributed by atoms with Crippen LogP contribution in [0.5, 0.6) is 5.75 Å². The van der Waals surface area contributed by atoms with Crippen molar-refractivity contribution in [3.63, 3.8) is 0 Å². The first kappa shape index (κ1) is 21.2. The van der Waals surface area contributed by atoms with Crippen LogP contribution >= 0.6 is 23.4 Å². The molecule has 31 heavy (non-hydrogen) atoms. The Kier molecular flexibility index (Phi) is 6.75. The van der Waals surface area contributed by atoms with Gasteiger partial charge in [0.05, 0.1) is 23.6 Å². The molecule has 0 fully saturated rings. The van der Waals surface area contributed by atoms with E-state index >= 15 is 0 Å². The van der Waals surface area contributed by atoms with Crippen molar-refractivity contribution < 1.29 is 9.53 Å². The number of rotatable bonds is 7. The topological polar surface area (TPSA) is 41.9 Å². The van der Waals surface area contributed by atoms with Gasteiger partial charge in [-0.15, -0.1) is 11.8 Å². The highest BCUT2D eigenvalue weighted by atomic mass is 35.5. The van der Waals surface area contributed by atoms with Crippen LogP contribution in [0, 0.1) is 0 Å². The number of amides is 1. The number of nitrogens with zero attached hydrogens (tertiary/aromatic N) is 2. The van der Waals surface area contributed by atoms with Gasteiger partial charge in [0.25, 0.3) is 5.91 Å². The number of hydrogen-bond donors (Lipinski definition) is 0. The van der Waals surface area contributed by atoms with Gasteiger partial charge in [-0.2, -0.15) is 10.1 Å². The lowest BCUT2D eigenvalue weighted by Gasteiger charge is -2.11. The first-order chi connectivity index (χ1) is 15.1. The molecule has 0 radical (unpaired) electrons. The van der Waals surface area contributed by atoms with Crippen molar-refractivity contribution in [1.29, 1.82) is 0 Å². The summed E-state index contributed by atoms with van der Waals surface area (Å²) in [5, 5.41) is 6.83. The molecule has 4 nitrogen and oxygen atoms in total. The predicted octanol–water partition coefficient (Wildman–Crippen LogP) is 6.32. The Morgan fingerprint density at radius 3 is 2.39 bits per heavy atom. The second-order valence-corrected chi connectivity index (χ2v) is 8.29. The molecular formula is C25H21ClN2O2S. The maximum absolute atomic E-state index is 13.2. The van der Waals surface area contributed by atoms with Gasteiger partial charge in [0, 0.05) is 15.7 Å². The monoisotopic (exact) mass is 448 g/mol. The fourth-order valence-corrected chi connectivity index (χ4v) is 4.10. The Balaban J connectivity index is 1.62. The molecule has 6 heteroatoms. The van der Waals surface area contributed by atoms with Crippen LogP contribution in [-0.4, -0.2) is 24.0 Å². The molecule has 4 rings (SSSR count). The van der Waals surface area contributed by atoms with E-state index in [0.29, 0.717) is 23.0 Å². The van der Waals surface area contributed by atoms with Crippen LogP contribution in [0.25, 0.3) is 6.08 Å². The molecule has 0 saturated heterocycles. The van der Waals surface area contributed by atoms with Crippen LogP contribution in [0.4, 0.5) is 5.69 Å². The molecule has 156 valence electrons. The van der Waals surface area contributed by atoms with E-state index in [2.05, 4.69) is 5.10 Å². The summed E-state index contributed by atoms with van der Waals surface area (Å²) in [5.41, 5.74) is 3.00. The fraction of sp³-hybridized carbons (Fsp3) is 0.120. The molecule has 0 bridgehead atoms. The Labute approximate surface area is 191 Å². The summed E-state index contributed by atoms with van der Waals surface area (Å²) < 4.78 is 5.51. The number of carbonyl (C=O) groups is 1. The first-order valence-corrected chi connectivity index (χ1v) is 11.3. The standard InChI is InChI=1S/C25H21ClN2O2S/c1-2-30-21-12-8-18(9-13-21)16-23-24(17-31-22-14-10-19(26)11-15-22)27-28(25(23)29)20-6-4-3-5-7-20/h3-16H,2,17H2,1H3. The van der Waals surface area contributed by atoms with Gasteiger partial charge in [-0.05, 0) is 67.1 Å². The molecule has 0 N–H and O–H groups in total. The molecule has 0 unspecified atom stereocenters. The van der Waals surface area contributed by atoms with Crippen LogP contribution in [0.1, 0.15) is 12.5 Å². The highest BCUT2D eigenvalue weighted by Gasteiger charge is 2.31. The van der Waals surface area contributed by atoms with E-state index in [-0.39, 0.29) is 5.91 Å². The molecule has 0 saturated carbocycles. The zero-order valence-corrected chi connectivity index (χ0v) is 18.6. The number of para-hydroxylation sites is 1. The van der Waals surface area contributed by atoms with Crippen molar-refractivity contribution in [2.75, 3.05) is 17.4 Å². The maximum Gasteiger partial charge on any atom is 0.280 e. The van der Waals surface area contributed by atoms with E-state index < -0.39 is 0 Å². The number of anilines is 1. The number of benzene rings is 3. The normalized spacial score (nSPS) is 14.8. The van der Waals surface area contributed by atoms with Gasteiger partial charge >= 0.3 is 0 Å². The van der Waals surface area contributed by atoms with Crippen molar-refractivity contribution >= 4 is 46.7 Å². The first-order valence-electron chi connectivity index (χ1n) is 9.94. The molecule has 1 aliphatic heterocycles. The Hall–Kier alpha value is -3.02. The zero-order chi connectivity index (χ0) is 21.6. The quantitative estimate of drug-likeness (QED) is 0.314. The Morgan fingerprint density at radius 2 is 1.71 bits per heavy atom. The third-order valence-electron chi connectivity index (χ3n) is 4.65. The van der Waals surface area contributed by atoms with E-state index in [4.69, 9.17) is 16.3 Å². The number of halogens is 1. The van der Waals surface area contributed by atoms with Gasteiger partial charge < -0.3 is 4.74 Å². The number of thioether (sulfide) groups is 1. The molecule has 0 aliphatic carbocycles. The number of carbonyl (C=O) groups excluding carboxylic acids is 1. The van der Waals surface area contributed by atoms with Crippen LogP contribution in [0.2, 0.25) is 5.02 Å². The minimum absolute atomic E-state index is 0.133. The molecule has 3 aromatic rings. The van der Waals surface area contributed by atoms with Crippen LogP contribution in [0.15, 0.2) is 94.4 Å².